The molecule has 1 amide bonds. The van der Waals surface area contributed by atoms with Crippen LogP contribution in [0.1, 0.15) is 18.9 Å². The van der Waals surface area contributed by atoms with Gasteiger partial charge in [0.15, 0.2) is 0 Å². The molecule has 0 aliphatic rings. The molecule has 1 rings (SSSR count). The van der Waals surface area contributed by atoms with Gasteiger partial charge in [0.25, 0.3) is 0 Å². The highest BCUT2D eigenvalue weighted by molar-refractivity contribution is 5.74. The first-order valence-corrected chi connectivity index (χ1v) is 5.34. The number of halogens is 1. The maximum absolute atomic E-state index is 13.3. The van der Waals surface area contributed by atoms with E-state index in [1.54, 1.807) is 6.92 Å². The fraction of sp³-hybridized carbons (Fsp3) is 0.364. The third kappa shape index (κ3) is 4.10. The van der Waals surface area contributed by atoms with Gasteiger partial charge in [-0.05, 0) is 18.6 Å². The second-order valence-electron chi connectivity index (χ2n) is 4.00. The molecule has 3 N–H and O–H groups in total. The number of amides is 1. The Morgan fingerprint density at radius 1 is 1.61 bits per heavy atom. The van der Waals surface area contributed by atoms with Crippen molar-refractivity contribution in [3.05, 3.63) is 39.7 Å². The molecule has 0 fully saturated rings. The van der Waals surface area contributed by atoms with Crippen molar-refractivity contribution in [2.45, 2.75) is 25.9 Å². The maximum Gasteiger partial charge on any atom is 0.304 e. The molecule has 0 aliphatic carbocycles. The molecule has 18 heavy (non-hydrogen) atoms. The van der Waals surface area contributed by atoms with Crippen LogP contribution in [0, 0.1) is 15.9 Å². The monoisotopic (exact) mass is 255 g/mol. The van der Waals surface area contributed by atoms with E-state index < -0.39 is 22.3 Å². The van der Waals surface area contributed by atoms with E-state index >= 15 is 0 Å². The van der Waals surface area contributed by atoms with Gasteiger partial charge in [-0.3, -0.25) is 14.9 Å². The van der Waals surface area contributed by atoms with Crippen molar-refractivity contribution >= 4 is 11.6 Å². The van der Waals surface area contributed by atoms with E-state index in [2.05, 4.69) is 5.32 Å². The molecule has 0 bridgehead atoms. The lowest BCUT2D eigenvalue weighted by atomic mass is 10.1. The third-order valence-electron chi connectivity index (χ3n) is 2.37. The van der Waals surface area contributed by atoms with Crippen LogP contribution in [0.4, 0.5) is 10.1 Å². The number of nitro benzene ring substituents is 1. The zero-order valence-corrected chi connectivity index (χ0v) is 9.85. The fourth-order valence-corrected chi connectivity index (χ4v) is 1.47. The molecular formula is C11H14FN3O3. The minimum atomic E-state index is -0.873. The Hall–Kier alpha value is -2.02. The van der Waals surface area contributed by atoms with Crippen LogP contribution in [0.2, 0.25) is 0 Å². The second kappa shape index (κ2) is 6.06. The summed E-state index contributed by atoms with van der Waals surface area (Å²) < 4.78 is 13.3. The standard InChI is InChI=1S/C11H14FN3O3/c1-7(4-11(13)16)14-6-8-2-3-10(15(17)18)9(12)5-8/h2-3,5,7,14H,4,6H2,1H3,(H2,13,16). The van der Waals surface area contributed by atoms with Gasteiger partial charge in [0.2, 0.25) is 11.7 Å². The van der Waals surface area contributed by atoms with Gasteiger partial charge in [-0.1, -0.05) is 6.07 Å². The number of nitrogens with one attached hydrogen (secondary N) is 1. The molecule has 1 aromatic carbocycles. The molecule has 0 aromatic heterocycles. The van der Waals surface area contributed by atoms with Crippen LogP contribution in [0.25, 0.3) is 0 Å². The third-order valence-corrected chi connectivity index (χ3v) is 2.37. The predicted octanol–water partition coefficient (Wildman–Crippen LogP) is 1.09. The van der Waals surface area contributed by atoms with Crippen LogP contribution < -0.4 is 11.1 Å². The number of benzene rings is 1. The van der Waals surface area contributed by atoms with Crippen LogP contribution in [0.15, 0.2) is 18.2 Å². The van der Waals surface area contributed by atoms with Crippen molar-refractivity contribution in [2.24, 2.45) is 5.73 Å². The van der Waals surface area contributed by atoms with E-state index in [4.69, 9.17) is 5.73 Å². The summed E-state index contributed by atoms with van der Waals surface area (Å²) in [6, 6.07) is 3.54. The summed E-state index contributed by atoms with van der Waals surface area (Å²) >= 11 is 0. The summed E-state index contributed by atoms with van der Waals surface area (Å²) in [5, 5.41) is 13.4. The van der Waals surface area contributed by atoms with E-state index in [9.17, 15) is 19.3 Å². The highest BCUT2D eigenvalue weighted by Crippen LogP contribution is 2.17. The number of primary amides is 1. The largest absolute Gasteiger partial charge is 0.370 e. The first-order chi connectivity index (χ1) is 8.40. The zero-order valence-electron chi connectivity index (χ0n) is 9.85. The minimum absolute atomic E-state index is 0.138. The van der Waals surface area contributed by atoms with Crippen molar-refractivity contribution in [3.8, 4) is 0 Å². The number of carbonyl (C=O) groups excluding carboxylic acids is 1. The smallest absolute Gasteiger partial charge is 0.304 e. The van der Waals surface area contributed by atoms with E-state index in [1.165, 1.54) is 6.07 Å². The van der Waals surface area contributed by atoms with E-state index in [1.807, 2.05) is 0 Å². The number of rotatable bonds is 6. The van der Waals surface area contributed by atoms with Gasteiger partial charge in [0, 0.05) is 25.1 Å². The number of nitrogens with zero attached hydrogens (tertiary/aromatic N) is 1. The van der Waals surface area contributed by atoms with E-state index in [0.717, 1.165) is 12.1 Å². The zero-order chi connectivity index (χ0) is 13.7. The number of nitrogens with two attached hydrogens (primary N) is 1. The summed E-state index contributed by atoms with van der Waals surface area (Å²) in [7, 11) is 0. The van der Waals surface area contributed by atoms with Gasteiger partial charge in [0.05, 0.1) is 4.92 Å². The quantitative estimate of drug-likeness (QED) is 0.587. The SMILES string of the molecule is CC(CC(N)=O)NCc1ccc([N+](=O)[O-])c(F)c1. The Kier molecular flexibility index (Phi) is 4.73. The van der Waals surface area contributed by atoms with E-state index in [-0.39, 0.29) is 12.5 Å². The first-order valence-electron chi connectivity index (χ1n) is 5.34. The lowest BCUT2D eigenvalue weighted by molar-refractivity contribution is -0.387. The van der Waals surface area contributed by atoms with Crippen LogP contribution in [-0.4, -0.2) is 16.9 Å². The molecule has 0 saturated heterocycles. The molecule has 1 aromatic rings. The Labute approximate surface area is 103 Å². The lowest BCUT2D eigenvalue weighted by Gasteiger charge is -2.11. The summed E-state index contributed by atoms with van der Waals surface area (Å²) in [5.74, 6) is -1.30. The minimum Gasteiger partial charge on any atom is -0.370 e. The molecule has 1 atom stereocenters. The normalized spacial score (nSPS) is 12.1. The maximum atomic E-state index is 13.3. The van der Waals surface area contributed by atoms with Crippen molar-refractivity contribution in [1.82, 2.24) is 5.32 Å². The van der Waals surface area contributed by atoms with Crippen molar-refractivity contribution in [2.75, 3.05) is 0 Å². The number of carbonyl (C=O) groups is 1. The van der Waals surface area contributed by atoms with Crippen LogP contribution in [-0.2, 0) is 11.3 Å². The van der Waals surface area contributed by atoms with Crippen LogP contribution in [0.3, 0.4) is 0 Å². The molecule has 7 heteroatoms. The molecule has 0 radical (unpaired) electrons. The Balaban J connectivity index is 2.61. The number of hydrogen-bond donors (Lipinski definition) is 2. The molecule has 0 spiro atoms. The fourth-order valence-electron chi connectivity index (χ4n) is 1.47. The van der Waals surface area contributed by atoms with Crippen molar-refractivity contribution in [3.63, 3.8) is 0 Å². The predicted molar refractivity (Wildman–Crippen MR) is 63.2 cm³/mol. The molecular weight excluding hydrogens is 241 g/mol. The first kappa shape index (κ1) is 14.0. The molecule has 6 nitrogen and oxygen atoms in total. The highest BCUT2D eigenvalue weighted by Gasteiger charge is 2.14. The van der Waals surface area contributed by atoms with E-state index in [0.29, 0.717) is 12.1 Å². The summed E-state index contributed by atoms with van der Waals surface area (Å²) in [4.78, 5) is 20.3. The van der Waals surface area contributed by atoms with Crippen molar-refractivity contribution in [1.29, 1.82) is 0 Å². The Morgan fingerprint density at radius 2 is 2.28 bits per heavy atom. The Morgan fingerprint density at radius 3 is 2.78 bits per heavy atom. The van der Waals surface area contributed by atoms with Gasteiger partial charge in [-0.15, -0.1) is 0 Å². The Bertz CT molecular complexity index is 465. The molecule has 1 unspecified atom stereocenters. The van der Waals surface area contributed by atoms with Gasteiger partial charge in [-0.2, -0.15) is 4.39 Å². The topological polar surface area (TPSA) is 98.3 Å². The van der Waals surface area contributed by atoms with Crippen LogP contribution in [0.5, 0.6) is 0 Å². The molecule has 98 valence electrons. The number of nitro groups is 1. The van der Waals surface area contributed by atoms with Gasteiger partial charge in [-0.25, -0.2) is 0 Å². The van der Waals surface area contributed by atoms with Crippen LogP contribution >= 0.6 is 0 Å². The molecule has 0 aliphatic heterocycles. The molecule has 0 heterocycles. The summed E-state index contributed by atoms with van der Waals surface area (Å²) in [5.41, 5.74) is 5.04. The van der Waals surface area contributed by atoms with Gasteiger partial charge in [0.1, 0.15) is 0 Å². The van der Waals surface area contributed by atoms with Crippen molar-refractivity contribution < 1.29 is 14.1 Å². The highest BCUT2D eigenvalue weighted by atomic mass is 19.1. The second-order valence-corrected chi connectivity index (χ2v) is 4.00. The number of hydrogen-bond acceptors (Lipinski definition) is 4. The lowest BCUT2D eigenvalue weighted by Crippen LogP contribution is -2.30. The average molecular weight is 255 g/mol. The summed E-state index contributed by atoms with van der Waals surface area (Å²) in [6.45, 7) is 2.08. The molecule has 0 saturated carbocycles. The van der Waals surface area contributed by atoms with Gasteiger partial charge >= 0.3 is 5.69 Å². The van der Waals surface area contributed by atoms with Gasteiger partial charge < -0.3 is 11.1 Å². The average Bonchev–Trinajstić information content (AvgIpc) is 2.25. The summed E-state index contributed by atoms with van der Waals surface area (Å²) in [6.07, 6.45) is 0.176.